The fourth-order valence-corrected chi connectivity index (χ4v) is 0.356. The molecule has 0 radical (unpaired) electrons. The van der Waals surface area contributed by atoms with Crippen molar-refractivity contribution in [2.24, 2.45) is 0 Å². The first-order valence-electron chi connectivity index (χ1n) is 3.33. The van der Waals surface area contributed by atoms with Crippen molar-refractivity contribution >= 4 is 21.9 Å². The Balaban J connectivity index is 0.000000226. The van der Waals surface area contributed by atoms with E-state index in [4.69, 9.17) is 4.55 Å². The molecule has 0 aromatic heterocycles. The van der Waals surface area contributed by atoms with Gasteiger partial charge >= 0.3 is 0 Å². The number of hydrogen-bond acceptors (Lipinski definition) is 4. The molecule has 0 fully saturated rings. The second-order valence-corrected chi connectivity index (χ2v) is 3.80. The number of nitrogens with one attached hydrogen (secondary N) is 1. The maximum Gasteiger partial charge on any atom is 0.264 e. The number of imide groups is 1. The van der Waals surface area contributed by atoms with Gasteiger partial charge in [0.15, 0.2) is 0 Å². The smallest absolute Gasteiger partial charge is 0.264 e. The molecule has 0 saturated heterocycles. The Morgan fingerprint density at radius 1 is 1.31 bits per heavy atom. The molecule has 2 N–H and O–H groups in total. The minimum Gasteiger partial charge on any atom is -0.289 e. The van der Waals surface area contributed by atoms with E-state index in [1.54, 1.807) is 0 Å². The summed E-state index contributed by atoms with van der Waals surface area (Å²) in [6.07, 6.45) is 2.39. The third-order valence-electron chi connectivity index (χ3n) is 0.997. The number of amides is 2. The van der Waals surface area contributed by atoms with E-state index in [-0.39, 0.29) is 17.6 Å². The van der Waals surface area contributed by atoms with Crippen molar-refractivity contribution in [1.29, 1.82) is 0 Å². The van der Waals surface area contributed by atoms with Crippen molar-refractivity contribution in [1.82, 2.24) is 5.32 Å². The minimum absolute atomic E-state index is 0.201. The van der Waals surface area contributed by atoms with Crippen LogP contribution in [0, 0.1) is 0 Å². The molecule has 13 heavy (non-hydrogen) atoms. The van der Waals surface area contributed by atoms with Crippen molar-refractivity contribution in [3.8, 4) is 0 Å². The zero-order valence-corrected chi connectivity index (χ0v) is 7.67. The van der Waals surface area contributed by atoms with Crippen LogP contribution in [0.1, 0.15) is 6.92 Å². The van der Waals surface area contributed by atoms with Crippen molar-refractivity contribution in [3.05, 3.63) is 12.2 Å². The van der Waals surface area contributed by atoms with Gasteiger partial charge in [0.1, 0.15) is 0 Å². The third-order valence-corrected chi connectivity index (χ3v) is 1.73. The Morgan fingerprint density at radius 2 is 1.62 bits per heavy atom. The van der Waals surface area contributed by atoms with Gasteiger partial charge in [-0.05, 0) is 6.92 Å². The molecule has 0 spiro atoms. The Hall–Kier alpha value is -1.21. The Labute approximate surface area is 75.4 Å². The SMILES string of the molecule is CCS(=O)(=O)O.O=C1C=CC(=O)N1. The highest BCUT2D eigenvalue weighted by molar-refractivity contribution is 7.85. The topological polar surface area (TPSA) is 101 Å². The first-order chi connectivity index (χ1) is 5.85. The lowest BCUT2D eigenvalue weighted by atomic mass is 10.6. The molecular weight excluding hydrogens is 198 g/mol. The molecule has 1 heterocycles. The molecule has 74 valence electrons. The van der Waals surface area contributed by atoms with Crippen LogP contribution >= 0.6 is 0 Å². The maximum atomic E-state index is 10.0. The van der Waals surface area contributed by atoms with Gasteiger partial charge in [0.05, 0.1) is 5.75 Å². The lowest BCUT2D eigenvalue weighted by Crippen LogP contribution is -2.19. The molecule has 0 aromatic rings. The molecular formula is C6H9NO5S. The molecule has 0 aliphatic carbocycles. The second kappa shape index (κ2) is 4.73. The molecule has 0 aromatic carbocycles. The van der Waals surface area contributed by atoms with Crippen molar-refractivity contribution < 1.29 is 22.6 Å². The average molecular weight is 207 g/mol. The lowest BCUT2D eigenvalue weighted by Gasteiger charge is -1.80. The van der Waals surface area contributed by atoms with Gasteiger partial charge in [-0.25, -0.2) is 0 Å². The molecule has 1 rings (SSSR count). The van der Waals surface area contributed by atoms with Crippen molar-refractivity contribution in [3.63, 3.8) is 0 Å². The van der Waals surface area contributed by atoms with E-state index in [0.29, 0.717) is 0 Å². The van der Waals surface area contributed by atoms with Crippen molar-refractivity contribution in [2.75, 3.05) is 5.75 Å². The molecule has 2 amide bonds. The summed E-state index contributed by atoms with van der Waals surface area (Å²) in [6.45, 7) is 1.37. The van der Waals surface area contributed by atoms with Crippen LogP contribution < -0.4 is 5.32 Å². The summed E-state index contributed by atoms with van der Waals surface area (Å²) in [5.41, 5.74) is 0. The molecule has 0 unspecified atom stereocenters. The van der Waals surface area contributed by atoms with E-state index in [9.17, 15) is 18.0 Å². The fourth-order valence-electron chi connectivity index (χ4n) is 0.356. The minimum atomic E-state index is -3.66. The van der Waals surface area contributed by atoms with Crippen LogP contribution in [0.3, 0.4) is 0 Å². The van der Waals surface area contributed by atoms with E-state index >= 15 is 0 Å². The fraction of sp³-hybridized carbons (Fsp3) is 0.333. The highest BCUT2D eigenvalue weighted by Crippen LogP contribution is 1.82. The van der Waals surface area contributed by atoms with Gasteiger partial charge in [0.25, 0.3) is 21.9 Å². The molecule has 0 bridgehead atoms. The molecule has 6 nitrogen and oxygen atoms in total. The summed E-state index contributed by atoms with van der Waals surface area (Å²) < 4.78 is 26.9. The van der Waals surface area contributed by atoms with Crippen LogP contribution in [0.2, 0.25) is 0 Å². The van der Waals surface area contributed by atoms with Crippen LogP contribution in [0.5, 0.6) is 0 Å². The molecule has 0 atom stereocenters. The molecule has 1 aliphatic rings. The Bertz CT molecular complexity index is 313. The van der Waals surface area contributed by atoms with Crippen molar-refractivity contribution in [2.45, 2.75) is 6.92 Å². The first kappa shape index (κ1) is 11.8. The number of carbonyl (C=O) groups excluding carboxylic acids is 2. The lowest BCUT2D eigenvalue weighted by molar-refractivity contribution is -0.123. The highest BCUT2D eigenvalue weighted by atomic mass is 32.2. The average Bonchev–Trinajstić information content (AvgIpc) is 2.34. The van der Waals surface area contributed by atoms with Gasteiger partial charge in [0.2, 0.25) is 0 Å². The van der Waals surface area contributed by atoms with Gasteiger partial charge in [-0.1, -0.05) is 0 Å². The normalized spacial score (nSPS) is 14.9. The third kappa shape index (κ3) is 7.16. The van der Waals surface area contributed by atoms with Crippen LogP contribution in [-0.4, -0.2) is 30.5 Å². The Morgan fingerprint density at radius 3 is 1.69 bits per heavy atom. The number of rotatable bonds is 1. The summed E-state index contributed by atoms with van der Waals surface area (Å²) in [4.78, 5) is 20.1. The number of hydrogen-bond donors (Lipinski definition) is 2. The highest BCUT2D eigenvalue weighted by Gasteiger charge is 2.06. The predicted octanol–water partition coefficient (Wildman–Crippen LogP) is -0.907. The van der Waals surface area contributed by atoms with Crippen LogP contribution in [0.15, 0.2) is 12.2 Å². The van der Waals surface area contributed by atoms with E-state index in [0.717, 1.165) is 0 Å². The van der Waals surface area contributed by atoms with Crippen LogP contribution in [0.25, 0.3) is 0 Å². The summed E-state index contributed by atoms with van der Waals surface area (Å²) in [6, 6.07) is 0. The zero-order valence-electron chi connectivity index (χ0n) is 6.85. The summed E-state index contributed by atoms with van der Waals surface area (Å²) in [5.74, 6) is -0.859. The van der Waals surface area contributed by atoms with E-state index in [1.165, 1.54) is 19.1 Å². The quantitative estimate of drug-likeness (QED) is 0.428. The number of carbonyl (C=O) groups is 2. The van der Waals surface area contributed by atoms with Gasteiger partial charge in [-0.15, -0.1) is 0 Å². The standard InChI is InChI=1S/C4H3NO2.C2H6O3S/c6-3-1-2-4(7)5-3;1-2-6(3,4)5/h1-2H,(H,5,6,7);2H2,1H3,(H,3,4,5). The van der Waals surface area contributed by atoms with Gasteiger partial charge < -0.3 is 0 Å². The predicted molar refractivity (Wildman–Crippen MR) is 44.4 cm³/mol. The monoisotopic (exact) mass is 207 g/mol. The zero-order chi connectivity index (χ0) is 10.5. The first-order valence-corrected chi connectivity index (χ1v) is 4.94. The van der Waals surface area contributed by atoms with Crippen LogP contribution in [0.4, 0.5) is 0 Å². The Kier molecular flexibility index (Phi) is 4.29. The van der Waals surface area contributed by atoms with Gasteiger partial charge in [-0.3, -0.25) is 19.5 Å². The molecule has 0 saturated carbocycles. The van der Waals surface area contributed by atoms with E-state index < -0.39 is 10.1 Å². The van der Waals surface area contributed by atoms with Crippen LogP contribution in [-0.2, 0) is 19.7 Å². The summed E-state index contributed by atoms with van der Waals surface area (Å²) >= 11 is 0. The van der Waals surface area contributed by atoms with Gasteiger partial charge in [-0.2, -0.15) is 8.42 Å². The maximum absolute atomic E-state index is 10.0. The van der Waals surface area contributed by atoms with E-state index in [2.05, 4.69) is 0 Å². The molecule has 1 aliphatic heterocycles. The second-order valence-electron chi connectivity index (χ2n) is 2.06. The largest absolute Gasteiger partial charge is 0.289 e. The van der Waals surface area contributed by atoms with Gasteiger partial charge in [0, 0.05) is 12.2 Å². The summed E-state index contributed by atoms with van der Waals surface area (Å²) in [7, 11) is -3.66. The summed E-state index contributed by atoms with van der Waals surface area (Å²) in [5, 5.41) is 2.03. The molecule has 7 heteroatoms. The van der Waals surface area contributed by atoms with E-state index in [1.807, 2.05) is 5.32 Å².